The van der Waals surface area contributed by atoms with Crippen molar-refractivity contribution in [2.45, 2.75) is 64.5 Å². The molecular formula is C35H47ClN4O2. The van der Waals surface area contributed by atoms with Crippen LogP contribution in [0.15, 0.2) is 60.7 Å². The minimum absolute atomic E-state index is 0.0324. The Morgan fingerprint density at radius 3 is 2.60 bits per heavy atom. The second kappa shape index (κ2) is 14.7. The van der Waals surface area contributed by atoms with E-state index in [0.29, 0.717) is 41.4 Å². The van der Waals surface area contributed by atoms with Gasteiger partial charge in [0, 0.05) is 42.8 Å². The molecule has 226 valence electrons. The van der Waals surface area contributed by atoms with Gasteiger partial charge in [0.1, 0.15) is 0 Å². The van der Waals surface area contributed by atoms with E-state index in [9.17, 15) is 9.59 Å². The smallest absolute Gasteiger partial charge is 0.251 e. The predicted octanol–water partition coefficient (Wildman–Crippen LogP) is 6.06. The standard InChI is InChI=1S/C35H47ClN4O2/c1-3-26(32-10-6-5-9-25(32)2)24-40-20-15-31(38-33(35(40)42)16-19-39-17-7-4-8-18-39)23-37-34(41)29-12-11-28-22-30(36)14-13-27(28)21-29/h5-6,9-14,21-22,25-26,31-33,38H,3-4,7-8,15-20,23-24H2,1-2H3,(H,37,41)/t25?,26-,31+,32?,33+/m1/s1. The first-order valence-electron chi connectivity index (χ1n) is 16.0. The van der Waals surface area contributed by atoms with E-state index in [1.54, 1.807) is 0 Å². The molecule has 2 amide bonds. The highest BCUT2D eigenvalue weighted by molar-refractivity contribution is 6.31. The van der Waals surface area contributed by atoms with E-state index in [0.717, 1.165) is 56.2 Å². The lowest BCUT2D eigenvalue weighted by Crippen LogP contribution is -2.50. The summed E-state index contributed by atoms with van der Waals surface area (Å²) in [6.07, 6.45) is 15.3. The monoisotopic (exact) mass is 590 g/mol. The van der Waals surface area contributed by atoms with Crippen molar-refractivity contribution < 1.29 is 9.59 Å². The number of hydrogen-bond donors (Lipinski definition) is 2. The zero-order valence-electron chi connectivity index (χ0n) is 25.2. The summed E-state index contributed by atoms with van der Waals surface area (Å²) in [6, 6.07) is 11.2. The number of allylic oxidation sites excluding steroid dienone is 4. The highest BCUT2D eigenvalue weighted by atomic mass is 35.5. The first-order valence-corrected chi connectivity index (χ1v) is 16.4. The fourth-order valence-electron chi connectivity index (χ4n) is 6.93. The lowest BCUT2D eigenvalue weighted by Gasteiger charge is -2.34. The molecule has 0 radical (unpaired) electrons. The predicted molar refractivity (Wildman–Crippen MR) is 173 cm³/mol. The number of carbonyl (C=O) groups is 2. The van der Waals surface area contributed by atoms with Gasteiger partial charge in [0.25, 0.3) is 5.91 Å². The summed E-state index contributed by atoms with van der Waals surface area (Å²) < 4.78 is 0. The molecule has 0 bridgehead atoms. The number of benzene rings is 2. The van der Waals surface area contributed by atoms with Crippen molar-refractivity contribution in [2.24, 2.45) is 17.8 Å². The lowest BCUT2D eigenvalue weighted by molar-refractivity contribution is -0.133. The van der Waals surface area contributed by atoms with Gasteiger partial charge in [0.15, 0.2) is 0 Å². The van der Waals surface area contributed by atoms with Gasteiger partial charge in [-0.25, -0.2) is 0 Å². The quantitative estimate of drug-likeness (QED) is 0.353. The van der Waals surface area contributed by atoms with Gasteiger partial charge in [-0.2, -0.15) is 0 Å². The summed E-state index contributed by atoms with van der Waals surface area (Å²) in [5.74, 6) is 1.47. The highest BCUT2D eigenvalue weighted by Gasteiger charge is 2.34. The van der Waals surface area contributed by atoms with Crippen LogP contribution in [0.3, 0.4) is 0 Å². The molecule has 42 heavy (non-hydrogen) atoms. The number of halogens is 1. The third-order valence-corrected chi connectivity index (χ3v) is 9.78. The van der Waals surface area contributed by atoms with Crippen molar-refractivity contribution in [2.75, 3.05) is 39.3 Å². The van der Waals surface area contributed by atoms with Gasteiger partial charge in [-0.05, 0) is 91.6 Å². The summed E-state index contributed by atoms with van der Waals surface area (Å²) in [4.78, 5) is 31.8. The number of piperidine rings is 1. The van der Waals surface area contributed by atoms with E-state index in [1.807, 2.05) is 36.4 Å². The third-order valence-electron chi connectivity index (χ3n) is 9.54. The van der Waals surface area contributed by atoms with Gasteiger partial charge in [-0.15, -0.1) is 0 Å². The van der Waals surface area contributed by atoms with Gasteiger partial charge in [0.05, 0.1) is 6.04 Å². The summed E-state index contributed by atoms with van der Waals surface area (Å²) in [6.45, 7) is 9.69. The number of hydrogen-bond acceptors (Lipinski definition) is 4. The molecule has 2 aliphatic heterocycles. The van der Waals surface area contributed by atoms with Crippen LogP contribution < -0.4 is 10.6 Å². The van der Waals surface area contributed by atoms with E-state index in [1.165, 1.54) is 19.3 Å². The maximum absolute atomic E-state index is 14.0. The first-order chi connectivity index (χ1) is 20.4. The molecule has 5 atom stereocenters. The van der Waals surface area contributed by atoms with Crippen LogP contribution in [0.25, 0.3) is 10.8 Å². The van der Waals surface area contributed by atoms with Crippen LogP contribution in [-0.4, -0.2) is 73.0 Å². The van der Waals surface area contributed by atoms with E-state index in [4.69, 9.17) is 11.6 Å². The Morgan fingerprint density at radius 2 is 1.81 bits per heavy atom. The molecule has 2 aromatic carbocycles. The molecule has 0 spiro atoms. The molecule has 2 unspecified atom stereocenters. The SMILES string of the molecule is CC[C@H](CN1CC[C@@H](CNC(=O)c2ccc3cc(Cl)ccc3c2)N[C@@H](CCN2CCCCC2)C1=O)C1C=CC=CC1C. The van der Waals surface area contributed by atoms with E-state index >= 15 is 0 Å². The molecule has 1 aliphatic carbocycles. The van der Waals surface area contributed by atoms with Crippen molar-refractivity contribution in [3.63, 3.8) is 0 Å². The topological polar surface area (TPSA) is 64.7 Å². The third kappa shape index (κ3) is 7.83. The maximum Gasteiger partial charge on any atom is 0.251 e. The molecule has 7 heteroatoms. The molecule has 2 heterocycles. The zero-order chi connectivity index (χ0) is 29.5. The number of rotatable bonds is 10. The summed E-state index contributed by atoms with van der Waals surface area (Å²) in [5.41, 5.74) is 0.632. The Kier molecular flexibility index (Phi) is 10.8. The second-order valence-electron chi connectivity index (χ2n) is 12.5. The van der Waals surface area contributed by atoms with Crippen molar-refractivity contribution in [3.8, 4) is 0 Å². The minimum Gasteiger partial charge on any atom is -0.350 e. The van der Waals surface area contributed by atoms with Crippen LogP contribution >= 0.6 is 11.6 Å². The van der Waals surface area contributed by atoms with E-state index in [2.05, 4.69) is 58.6 Å². The molecule has 2 fully saturated rings. The molecular weight excluding hydrogens is 544 g/mol. The molecule has 6 nitrogen and oxygen atoms in total. The van der Waals surface area contributed by atoms with Gasteiger partial charge in [-0.1, -0.05) is 74.7 Å². The minimum atomic E-state index is -0.238. The molecule has 2 N–H and O–H groups in total. The average molecular weight is 591 g/mol. The maximum atomic E-state index is 14.0. The fraction of sp³-hybridized carbons (Fsp3) is 0.543. The number of carbonyl (C=O) groups excluding carboxylic acids is 2. The summed E-state index contributed by atoms with van der Waals surface area (Å²) in [7, 11) is 0. The molecule has 5 rings (SSSR count). The van der Waals surface area contributed by atoms with Crippen molar-refractivity contribution in [3.05, 3.63) is 71.3 Å². The Labute approximate surface area is 256 Å². The number of amides is 2. The zero-order valence-corrected chi connectivity index (χ0v) is 26.0. The first kappa shape index (κ1) is 30.8. The lowest BCUT2D eigenvalue weighted by atomic mass is 9.78. The molecule has 2 aromatic rings. The van der Waals surface area contributed by atoms with Crippen molar-refractivity contribution in [1.82, 2.24) is 20.4 Å². The van der Waals surface area contributed by atoms with Crippen LogP contribution in [0.5, 0.6) is 0 Å². The molecule has 0 saturated carbocycles. The second-order valence-corrected chi connectivity index (χ2v) is 12.9. The molecule has 2 saturated heterocycles. The molecule has 0 aromatic heterocycles. The van der Waals surface area contributed by atoms with Crippen LogP contribution in [-0.2, 0) is 4.79 Å². The van der Waals surface area contributed by atoms with Crippen LogP contribution in [0.1, 0.15) is 62.7 Å². The summed E-state index contributed by atoms with van der Waals surface area (Å²) in [5, 5.41) is 9.52. The van der Waals surface area contributed by atoms with Crippen molar-refractivity contribution >= 4 is 34.2 Å². The fourth-order valence-corrected chi connectivity index (χ4v) is 7.11. The van der Waals surface area contributed by atoms with Gasteiger partial charge >= 0.3 is 0 Å². The molecule has 3 aliphatic rings. The Balaban J connectivity index is 1.25. The highest BCUT2D eigenvalue weighted by Crippen LogP contribution is 2.30. The van der Waals surface area contributed by atoms with Gasteiger partial charge in [-0.3, -0.25) is 9.59 Å². The van der Waals surface area contributed by atoms with Crippen LogP contribution in [0, 0.1) is 17.8 Å². The van der Waals surface area contributed by atoms with E-state index in [-0.39, 0.29) is 23.9 Å². The number of fused-ring (bicyclic) bond motifs is 1. The van der Waals surface area contributed by atoms with Crippen LogP contribution in [0.4, 0.5) is 0 Å². The number of nitrogens with one attached hydrogen (secondary N) is 2. The summed E-state index contributed by atoms with van der Waals surface area (Å²) >= 11 is 6.13. The van der Waals surface area contributed by atoms with E-state index < -0.39 is 0 Å². The Hall–Kier alpha value is -2.67. The Bertz CT molecular complexity index is 1290. The average Bonchev–Trinajstić information content (AvgIpc) is 3.16. The van der Waals surface area contributed by atoms with Crippen LogP contribution in [0.2, 0.25) is 5.02 Å². The number of likely N-dealkylation sites (tertiary alicyclic amines) is 1. The number of nitrogens with zero attached hydrogens (tertiary/aromatic N) is 2. The largest absolute Gasteiger partial charge is 0.350 e. The Morgan fingerprint density at radius 1 is 1.05 bits per heavy atom. The van der Waals surface area contributed by atoms with Gasteiger partial charge in [0.2, 0.25) is 5.91 Å². The van der Waals surface area contributed by atoms with Gasteiger partial charge < -0.3 is 20.4 Å². The normalized spacial score (nSPS) is 25.9. The van der Waals surface area contributed by atoms with Crippen molar-refractivity contribution in [1.29, 1.82) is 0 Å².